The largest absolute Gasteiger partial charge is 0.477 e. The topological polar surface area (TPSA) is 59.4 Å². The quantitative estimate of drug-likeness (QED) is 0.835. The zero-order chi connectivity index (χ0) is 11.5. The van der Waals surface area contributed by atoms with Gasteiger partial charge >= 0.3 is 5.97 Å². The minimum Gasteiger partial charge on any atom is -0.477 e. The van der Waals surface area contributed by atoms with E-state index in [0.29, 0.717) is 6.92 Å². The summed E-state index contributed by atoms with van der Waals surface area (Å²) in [6.45, 7) is -0.222. The van der Waals surface area contributed by atoms with Gasteiger partial charge in [-0.25, -0.2) is 18.6 Å². The van der Waals surface area contributed by atoms with E-state index in [1.165, 1.54) is 18.3 Å². The molecule has 0 aliphatic carbocycles. The van der Waals surface area contributed by atoms with Crippen LogP contribution < -0.4 is 4.74 Å². The van der Waals surface area contributed by atoms with Crippen LogP contribution in [-0.2, 0) is 0 Å². The Morgan fingerprint density at radius 1 is 1.67 bits per heavy atom. The average molecular weight is 217 g/mol. The molecule has 1 aromatic heterocycles. The summed E-state index contributed by atoms with van der Waals surface area (Å²) in [5, 5.41) is 8.69. The Morgan fingerprint density at radius 3 is 2.87 bits per heavy atom. The summed E-state index contributed by atoms with van der Waals surface area (Å²) in [7, 11) is 0. The molecular weight excluding hydrogens is 208 g/mol. The molecule has 0 radical (unpaired) electrons. The molecule has 1 rings (SSSR count). The third-order valence-corrected chi connectivity index (χ3v) is 1.46. The Bertz CT molecular complexity index is 363. The molecule has 4 nitrogen and oxygen atoms in total. The lowest BCUT2D eigenvalue weighted by molar-refractivity contribution is -0.0246. The maximum Gasteiger partial charge on any atom is 0.341 e. The number of pyridine rings is 1. The third kappa shape index (κ3) is 3.49. The number of aromatic carboxylic acids is 1. The predicted molar refractivity (Wildman–Crippen MR) is 47.3 cm³/mol. The second-order valence-corrected chi connectivity index (χ2v) is 3.02. The minimum absolute atomic E-state index is 0.234. The maximum absolute atomic E-state index is 12.4. The van der Waals surface area contributed by atoms with Gasteiger partial charge in [0.25, 0.3) is 5.92 Å². The van der Waals surface area contributed by atoms with Crippen molar-refractivity contribution >= 4 is 5.97 Å². The molecule has 0 atom stereocenters. The van der Waals surface area contributed by atoms with Gasteiger partial charge in [-0.15, -0.1) is 0 Å². The zero-order valence-electron chi connectivity index (χ0n) is 7.91. The van der Waals surface area contributed by atoms with Gasteiger partial charge in [-0.3, -0.25) is 0 Å². The molecule has 0 aliphatic rings. The van der Waals surface area contributed by atoms with E-state index >= 15 is 0 Å². The molecule has 1 aromatic rings. The fourth-order valence-electron chi connectivity index (χ4n) is 0.864. The fraction of sp³-hybridized carbons (Fsp3) is 0.333. The van der Waals surface area contributed by atoms with Crippen LogP contribution in [0.5, 0.6) is 5.88 Å². The molecule has 0 aliphatic heterocycles. The summed E-state index contributed by atoms with van der Waals surface area (Å²) in [6, 6.07) is 2.62. The zero-order valence-corrected chi connectivity index (χ0v) is 7.91. The van der Waals surface area contributed by atoms with Crippen LogP contribution in [0.25, 0.3) is 0 Å². The van der Waals surface area contributed by atoms with Gasteiger partial charge in [-0.05, 0) is 12.1 Å². The fourth-order valence-corrected chi connectivity index (χ4v) is 0.864. The molecule has 1 N–H and O–H groups in total. The van der Waals surface area contributed by atoms with Crippen molar-refractivity contribution in [3.8, 4) is 5.88 Å². The van der Waals surface area contributed by atoms with Gasteiger partial charge in [-0.2, -0.15) is 0 Å². The van der Waals surface area contributed by atoms with Gasteiger partial charge in [0.15, 0.2) is 6.61 Å². The molecule has 1 heterocycles. The van der Waals surface area contributed by atoms with E-state index in [1.54, 1.807) is 0 Å². The number of carboxylic acids is 1. The van der Waals surface area contributed by atoms with Crippen LogP contribution in [0, 0.1) is 0 Å². The normalized spacial score (nSPS) is 11.1. The highest BCUT2D eigenvalue weighted by Gasteiger charge is 2.23. The summed E-state index contributed by atoms with van der Waals surface area (Å²) in [4.78, 5) is 14.2. The number of carbonyl (C=O) groups is 1. The van der Waals surface area contributed by atoms with E-state index in [9.17, 15) is 13.6 Å². The molecule has 0 bridgehead atoms. The van der Waals surface area contributed by atoms with E-state index in [0.717, 1.165) is 0 Å². The molecular formula is C9H9F2NO3. The number of halogens is 2. The second-order valence-electron chi connectivity index (χ2n) is 3.02. The average Bonchev–Trinajstić information content (AvgIpc) is 2.14. The van der Waals surface area contributed by atoms with Crippen LogP contribution in [-0.4, -0.2) is 28.6 Å². The van der Waals surface area contributed by atoms with Crippen molar-refractivity contribution < 1.29 is 23.4 Å². The first-order valence-corrected chi connectivity index (χ1v) is 4.09. The van der Waals surface area contributed by atoms with Crippen LogP contribution in [0.4, 0.5) is 8.78 Å². The van der Waals surface area contributed by atoms with Crippen molar-refractivity contribution in [2.45, 2.75) is 12.8 Å². The van der Waals surface area contributed by atoms with Gasteiger partial charge in [0.1, 0.15) is 5.56 Å². The third-order valence-electron chi connectivity index (χ3n) is 1.46. The molecule has 15 heavy (non-hydrogen) atoms. The Morgan fingerprint density at radius 2 is 2.33 bits per heavy atom. The Kier molecular flexibility index (Phi) is 3.18. The highest BCUT2D eigenvalue weighted by Crippen LogP contribution is 2.18. The first kappa shape index (κ1) is 11.4. The van der Waals surface area contributed by atoms with E-state index in [2.05, 4.69) is 9.72 Å². The molecule has 82 valence electrons. The van der Waals surface area contributed by atoms with Crippen molar-refractivity contribution in [3.63, 3.8) is 0 Å². The number of ether oxygens (including phenoxy) is 1. The lowest BCUT2D eigenvalue weighted by Gasteiger charge is -2.12. The summed E-state index contributed by atoms with van der Waals surface area (Å²) in [5.74, 6) is -4.59. The summed E-state index contributed by atoms with van der Waals surface area (Å²) in [6.07, 6.45) is 1.27. The molecule has 0 saturated carbocycles. The number of nitrogens with zero attached hydrogens (tertiary/aromatic N) is 1. The van der Waals surface area contributed by atoms with Crippen molar-refractivity contribution in [1.29, 1.82) is 0 Å². The molecule has 0 fully saturated rings. The number of rotatable bonds is 4. The van der Waals surface area contributed by atoms with E-state index < -0.39 is 18.5 Å². The van der Waals surface area contributed by atoms with Crippen LogP contribution in [0.2, 0.25) is 0 Å². The van der Waals surface area contributed by atoms with E-state index in [-0.39, 0.29) is 11.4 Å². The number of alkyl halides is 2. The minimum atomic E-state index is -3.02. The molecule has 0 spiro atoms. The Hall–Kier alpha value is -1.72. The van der Waals surface area contributed by atoms with Gasteiger partial charge in [-0.1, -0.05) is 0 Å². The smallest absolute Gasteiger partial charge is 0.341 e. The summed E-state index contributed by atoms with van der Waals surface area (Å²) < 4.78 is 29.5. The highest BCUT2D eigenvalue weighted by atomic mass is 19.3. The van der Waals surface area contributed by atoms with Gasteiger partial charge in [0.05, 0.1) is 0 Å². The number of hydrogen-bond acceptors (Lipinski definition) is 3. The van der Waals surface area contributed by atoms with E-state index in [1.807, 2.05) is 0 Å². The Balaban J connectivity index is 2.81. The maximum atomic E-state index is 12.4. The number of hydrogen-bond donors (Lipinski definition) is 1. The van der Waals surface area contributed by atoms with Gasteiger partial charge < -0.3 is 9.84 Å². The van der Waals surface area contributed by atoms with Crippen LogP contribution in [0.15, 0.2) is 18.3 Å². The Labute approximate surface area is 84.5 Å². The first-order valence-electron chi connectivity index (χ1n) is 4.09. The van der Waals surface area contributed by atoms with Crippen LogP contribution in [0.3, 0.4) is 0 Å². The highest BCUT2D eigenvalue weighted by molar-refractivity contribution is 5.90. The SMILES string of the molecule is CC(F)(F)COc1ncccc1C(=O)O. The second kappa shape index (κ2) is 4.20. The van der Waals surface area contributed by atoms with E-state index in [4.69, 9.17) is 5.11 Å². The molecule has 0 unspecified atom stereocenters. The summed E-state index contributed by atoms with van der Waals surface area (Å²) in [5.41, 5.74) is -0.234. The van der Waals surface area contributed by atoms with Crippen LogP contribution >= 0.6 is 0 Å². The lowest BCUT2D eigenvalue weighted by atomic mass is 10.3. The predicted octanol–water partition coefficient (Wildman–Crippen LogP) is 1.81. The lowest BCUT2D eigenvalue weighted by Crippen LogP contribution is -2.22. The first-order chi connectivity index (χ1) is 6.90. The molecule has 6 heteroatoms. The van der Waals surface area contributed by atoms with Gasteiger partial charge in [0, 0.05) is 13.1 Å². The number of carboxylic acid groups (broad SMARTS) is 1. The molecule has 0 saturated heterocycles. The van der Waals surface area contributed by atoms with Gasteiger partial charge in [0.2, 0.25) is 5.88 Å². The number of aromatic nitrogens is 1. The molecule has 0 aromatic carbocycles. The van der Waals surface area contributed by atoms with Crippen molar-refractivity contribution in [2.75, 3.05) is 6.61 Å². The monoisotopic (exact) mass is 217 g/mol. The summed E-state index contributed by atoms with van der Waals surface area (Å²) >= 11 is 0. The van der Waals surface area contributed by atoms with Crippen LogP contribution in [0.1, 0.15) is 17.3 Å². The van der Waals surface area contributed by atoms with Crippen molar-refractivity contribution in [3.05, 3.63) is 23.9 Å². The van der Waals surface area contributed by atoms with Crippen molar-refractivity contribution in [2.24, 2.45) is 0 Å². The molecule has 0 amide bonds. The standard InChI is InChI=1S/C9H9F2NO3/c1-9(10,11)5-15-7-6(8(13)14)3-2-4-12-7/h2-4H,5H2,1H3,(H,13,14). The van der Waals surface area contributed by atoms with Crippen molar-refractivity contribution in [1.82, 2.24) is 4.98 Å².